The molecular formula is C23H22O7. The third-order valence-corrected chi connectivity index (χ3v) is 5.10. The van der Waals surface area contributed by atoms with Crippen LogP contribution in [0.2, 0.25) is 0 Å². The number of benzene rings is 3. The minimum Gasteiger partial charge on any atom is -0.493 e. The van der Waals surface area contributed by atoms with Crippen LogP contribution in [0.25, 0.3) is 21.9 Å². The number of fused-ring (bicyclic) bond motifs is 3. The highest BCUT2D eigenvalue weighted by Gasteiger charge is 2.24. The molecule has 0 saturated heterocycles. The van der Waals surface area contributed by atoms with E-state index in [1.807, 2.05) is 30.3 Å². The standard InChI is InChI=1S/C23H22O7/c1-13(25)28-11-16-8-14-5-7-19-23(30-12-29-19)22(14)21(17(16)10-24)15-4-6-18(26-2)20(9-15)27-3/h4-9,24H,10-12H2,1-3H3. The van der Waals surface area contributed by atoms with Gasteiger partial charge in [0.15, 0.2) is 23.0 Å². The topological polar surface area (TPSA) is 83.5 Å². The maximum atomic E-state index is 11.4. The molecule has 3 aromatic carbocycles. The molecule has 1 aliphatic heterocycles. The molecule has 0 radical (unpaired) electrons. The number of methoxy groups -OCH3 is 2. The fraction of sp³-hybridized carbons (Fsp3) is 0.261. The molecule has 30 heavy (non-hydrogen) atoms. The highest BCUT2D eigenvalue weighted by molar-refractivity contribution is 6.05. The monoisotopic (exact) mass is 410 g/mol. The van der Waals surface area contributed by atoms with Crippen LogP contribution in [0.4, 0.5) is 0 Å². The largest absolute Gasteiger partial charge is 0.493 e. The molecule has 156 valence electrons. The van der Waals surface area contributed by atoms with Crippen molar-refractivity contribution in [1.29, 1.82) is 0 Å². The molecule has 0 aromatic heterocycles. The van der Waals surface area contributed by atoms with Gasteiger partial charge in [0.05, 0.1) is 20.8 Å². The zero-order valence-corrected chi connectivity index (χ0v) is 17.0. The summed E-state index contributed by atoms with van der Waals surface area (Å²) >= 11 is 0. The van der Waals surface area contributed by atoms with Gasteiger partial charge < -0.3 is 28.8 Å². The summed E-state index contributed by atoms with van der Waals surface area (Å²) in [5, 5.41) is 12.0. The highest BCUT2D eigenvalue weighted by atomic mass is 16.7. The molecule has 7 nitrogen and oxygen atoms in total. The molecule has 0 amide bonds. The van der Waals surface area contributed by atoms with Crippen molar-refractivity contribution in [2.24, 2.45) is 0 Å². The molecule has 0 saturated carbocycles. The Kier molecular flexibility index (Phi) is 5.37. The summed E-state index contributed by atoms with van der Waals surface area (Å²) < 4.78 is 27.4. The third-order valence-electron chi connectivity index (χ3n) is 5.10. The first-order valence-corrected chi connectivity index (χ1v) is 9.41. The van der Waals surface area contributed by atoms with E-state index in [4.69, 9.17) is 23.7 Å². The smallest absolute Gasteiger partial charge is 0.302 e. The molecule has 7 heteroatoms. The number of hydrogen-bond acceptors (Lipinski definition) is 7. The number of carbonyl (C=O) groups is 1. The van der Waals surface area contributed by atoms with Gasteiger partial charge in [-0.05, 0) is 51.9 Å². The Balaban J connectivity index is 2.04. The van der Waals surface area contributed by atoms with E-state index >= 15 is 0 Å². The molecular weight excluding hydrogens is 388 g/mol. The minimum atomic E-state index is -0.391. The van der Waals surface area contributed by atoms with Crippen molar-refractivity contribution in [1.82, 2.24) is 0 Å². The molecule has 0 bridgehead atoms. The van der Waals surface area contributed by atoms with Gasteiger partial charge in [0.25, 0.3) is 0 Å². The Morgan fingerprint density at radius 2 is 1.87 bits per heavy atom. The molecule has 3 aromatic rings. The normalized spacial score (nSPS) is 12.1. The Bertz CT molecular complexity index is 1120. The summed E-state index contributed by atoms with van der Waals surface area (Å²) in [6, 6.07) is 11.2. The van der Waals surface area contributed by atoms with E-state index < -0.39 is 5.97 Å². The number of hydrogen-bond donors (Lipinski definition) is 1. The van der Waals surface area contributed by atoms with Crippen LogP contribution >= 0.6 is 0 Å². The Labute approximate surface area is 173 Å². The van der Waals surface area contributed by atoms with E-state index in [1.54, 1.807) is 20.3 Å². The maximum Gasteiger partial charge on any atom is 0.302 e. The van der Waals surface area contributed by atoms with Crippen molar-refractivity contribution in [3.05, 3.63) is 47.5 Å². The van der Waals surface area contributed by atoms with Gasteiger partial charge in [0, 0.05) is 12.3 Å². The van der Waals surface area contributed by atoms with E-state index in [0.717, 1.165) is 21.9 Å². The van der Waals surface area contributed by atoms with E-state index in [9.17, 15) is 9.90 Å². The molecule has 0 aliphatic carbocycles. The second-order valence-corrected chi connectivity index (χ2v) is 6.79. The van der Waals surface area contributed by atoms with Gasteiger partial charge in [-0.3, -0.25) is 4.79 Å². The lowest BCUT2D eigenvalue weighted by atomic mass is 9.89. The van der Waals surface area contributed by atoms with Crippen LogP contribution in [0.1, 0.15) is 18.1 Å². The summed E-state index contributed by atoms with van der Waals surface area (Å²) in [7, 11) is 3.14. The molecule has 4 rings (SSSR count). The van der Waals surface area contributed by atoms with Crippen molar-refractivity contribution in [3.63, 3.8) is 0 Å². The highest BCUT2D eigenvalue weighted by Crippen LogP contribution is 2.47. The van der Waals surface area contributed by atoms with Crippen LogP contribution in [-0.4, -0.2) is 32.1 Å². The molecule has 0 fully saturated rings. The van der Waals surface area contributed by atoms with Crippen LogP contribution in [0.15, 0.2) is 36.4 Å². The number of aliphatic hydroxyl groups is 1. The van der Waals surface area contributed by atoms with Crippen LogP contribution < -0.4 is 18.9 Å². The Morgan fingerprint density at radius 1 is 1.07 bits per heavy atom. The van der Waals surface area contributed by atoms with Gasteiger partial charge >= 0.3 is 5.97 Å². The lowest BCUT2D eigenvalue weighted by Gasteiger charge is -2.19. The Hall–Kier alpha value is -3.45. The first-order valence-electron chi connectivity index (χ1n) is 9.41. The van der Waals surface area contributed by atoms with Crippen molar-refractivity contribution < 1.29 is 33.6 Å². The lowest BCUT2D eigenvalue weighted by molar-refractivity contribution is -0.142. The summed E-state index contributed by atoms with van der Waals surface area (Å²) in [5.74, 6) is 2.02. The SMILES string of the molecule is COc1ccc(-c2c(CO)c(COC(C)=O)cc3ccc4c(c23)OCO4)cc1OC. The molecule has 0 atom stereocenters. The van der Waals surface area contributed by atoms with Gasteiger partial charge in [-0.1, -0.05) is 12.1 Å². The predicted octanol–water partition coefficient (Wildman–Crippen LogP) is 3.81. The quantitative estimate of drug-likeness (QED) is 0.619. The van der Waals surface area contributed by atoms with Crippen molar-refractivity contribution in [2.75, 3.05) is 21.0 Å². The van der Waals surface area contributed by atoms with Crippen molar-refractivity contribution in [3.8, 4) is 34.1 Å². The van der Waals surface area contributed by atoms with Crippen LogP contribution in [0.5, 0.6) is 23.0 Å². The van der Waals surface area contributed by atoms with Crippen LogP contribution in [0, 0.1) is 0 Å². The summed E-state index contributed by atoms with van der Waals surface area (Å²) in [4.78, 5) is 11.4. The average molecular weight is 410 g/mol. The van der Waals surface area contributed by atoms with E-state index in [1.165, 1.54) is 6.92 Å². The van der Waals surface area contributed by atoms with Gasteiger partial charge in [-0.2, -0.15) is 0 Å². The summed E-state index contributed by atoms with van der Waals surface area (Å²) in [6.07, 6.45) is 0. The van der Waals surface area contributed by atoms with E-state index in [0.29, 0.717) is 34.1 Å². The molecule has 0 spiro atoms. The van der Waals surface area contributed by atoms with Crippen molar-refractivity contribution >= 4 is 16.7 Å². The molecule has 1 aliphatic rings. The fourth-order valence-corrected chi connectivity index (χ4v) is 3.75. The zero-order valence-electron chi connectivity index (χ0n) is 17.0. The van der Waals surface area contributed by atoms with Crippen LogP contribution in [0.3, 0.4) is 0 Å². The average Bonchev–Trinajstić information content (AvgIpc) is 3.25. The second-order valence-electron chi connectivity index (χ2n) is 6.79. The fourth-order valence-electron chi connectivity index (χ4n) is 3.75. The minimum absolute atomic E-state index is 0.0515. The van der Waals surface area contributed by atoms with Crippen molar-refractivity contribution in [2.45, 2.75) is 20.1 Å². The zero-order chi connectivity index (χ0) is 21.3. The van der Waals surface area contributed by atoms with Gasteiger partial charge in [0.2, 0.25) is 6.79 Å². The number of carbonyl (C=O) groups excluding carboxylic acids is 1. The molecule has 1 heterocycles. The van der Waals surface area contributed by atoms with Gasteiger partial charge in [-0.15, -0.1) is 0 Å². The Morgan fingerprint density at radius 3 is 2.57 bits per heavy atom. The maximum absolute atomic E-state index is 11.4. The molecule has 0 unspecified atom stereocenters. The summed E-state index contributed by atoms with van der Waals surface area (Å²) in [6.45, 7) is 1.28. The summed E-state index contributed by atoms with van der Waals surface area (Å²) in [5.41, 5.74) is 2.92. The molecule has 1 N–H and O–H groups in total. The third kappa shape index (κ3) is 3.37. The lowest BCUT2D eigenvalue weighted by Crippen LogP contribution is -2.05. The second kappa shape index (κ2) is 8.12. The predicted molar refractivity (Wildman–Crippen MR) is 110 cm³/mol. The van der Waals surface area contributed by atoms with Gasteiger partial charge in [-0.25, -0.2) is 0 Å². The number of aliphatic hydroxyl groups excluding tert-OH is 1. The van der Waals surface area contributed by atoms with Crippen LogP contribution in [-0.2, 0) is 22.7 Å². The van der Waals surface area contributed by atoms with E-state index in [2.05, 4.69) is 0 Å². The number of esters is 1. The van der Waals surface area contributed by atoms with Gasteiger partial charge in [0.1, 0.15) is 6.61 Å². The number of ether oxygens (including phenoxy) is 5. The number of rotatable bonds is 6. The first-order chi connectivity index (χ1) is 14.6. The first kappa shape index (κ1) is 19.8. The van der Waals surface area contributed by atoms with E-state index in [-0.39, 0.29) is 20.0 Å².